The molecular weight excluding hydrogens is 412 g/mol. The van der Waals surface area contributed by atoms with Gasteiger partial charge in [0.15, 0.2) is 5.82 Å². The van der Waals surface area contributed by atoms with Crippen molar-refractivity contribution in [3.05, 3.63) is 36.3 Å². The fourth-order valence-electron chi connectivity index (χ4n) is 3.87. The van der Waals surface area contributed by atoms with Gasteiger partial charge in [0, 0.05) is 70.4 Å². The molecule has 1 fully saturated rings. The number of ether oxygens (including phenoxy) is 1. The Labute approximate surface area is 183 Å². The van der Waals surface area contributed by atoms with Gasteiger partial charge in [-0.15, -0.1) is 0 Å². The molecule has 0 aromatic carbocycles. The minimum Gasteiger partial charge on any atom is -0.377 e. The number of aromatic nitrogens is 4. The number of nitrogens with one attached hydrogen (secondary N) is 1. The fourth-order valence-corrected chi connectivity index (χ4v) is 4.79. The van der Waals surface area contributed by atoms with E-state index in [0.29, 0.717) is 24.8 Å². The van der Waals surface area contributed by atoms with E-state index in [1.54, 1.807) is 19.5 Å². The van der Waals surface area contributed by atoms with Crippen molar-refractivity contribution < 1.29 is 8.95 Å². The summed E-state index contributed by atoms with van der Waals surface area (Å²) in [5.74, 6) is 2.25. The molecule has 0 unspecified atom stereocenters. The number of anilines is 1. The molecule has 0 amide bonds. The maximum absolute atomic E-state index is 12.2. The molecule has 4 rings (SSSR count). The predicted molar refractivity (Wildman–Crippen MR) is 125 cm³/mol. The van der Waals surface area contributed by atoms with E-state index in [1.807, 2.05) is 18.3 Å². The van der Waals surface area contributed by atoms with Gasteiger partial charge in [-0.2, -0.15) is 0 Å². The monoisotopic (exact) mass is 442 g/mol. The Morgan fingerprint density at radius 1 is 1.32 bits per heavy atom. The Morgan fingerprint density at radius 2 is 2.19 bits per heavy atom. The van der Waals surface area contributed by atoms with Gasteiger partial charge in [0.25, 0.3) is 0 Å². The Balaban J connectivity index is 1.66. The molecule has 0 saturated carbocycles. The van der Waals surface area contributed by atoms with E-state index in [-0.39, 0.29) is 6.04 Å². The highest BCUT2D eigenvalue weighted by Crippen LogP contribution is 2.28. The van der Waals surface area contributed by atoms with Crippen molar-refractivity contribution in [2.75, 3.05) is 43.7 Å². The van der Waals surface area contributed by atoms with Gasteiger partial charge in [-0.05, 0) is 38.3 Å². The first-order valence-corrected chi connectivity index (χ1v) is 12.8. The Kier molecular flexibility index (Phi) is 6.52. The second kappa shape index (κ2) is 9.32. The zero-order chi connectivity index (χ0) is 21.8. The minimum atomic E-state index is -2.07. The van der Waals surface area contributed by atoms with E-state index in [2.05, 4.69) is 32.2 Å². The summed E-state index contributed by atoms with van der Waals surface area (Å²) in [4.78, 5) is 19.7. The molecule has 3 aromatic heterocycles. The van der Waals surface area contributed by atoms with Gasteiger partial charge < -0.3 is 14.6 Å². The lowest BCUT2D eigenvalue weighted by Gasteiger charge is -2.34. The van der Waals surface area contributed by atoms with Gasteiger partial charge in [-0.25, -0.2) is 19.3 Å². The maximum Gasteiger partial charge on any atom is 0.162 e. The quantitative estimate of drug-likeness (QED) is 0.564. The molecule has 1 saturated heterocycles. The van der Waals surface area contributed by atoms with Crippen molar-refractivity contribution in [1.82, 2.24) is 19.9 Å². The molecule has 1 aliphatic heterocycles. The molecule has 8 nitrogen and oxygen atoms in total. The van der Waals surface area contributed by atoms with E-state index in [1.165, 1.54) is 0 Å². The summed E-state index contributed by atoms with van der Waals surface area (Å²) in [5, 5.41) is 1.01. The third-order valence-electron chi connectivity index (χ3n) is 5.72. The second-order valence-corrected chi connectivity index (χ2v) is 10.8. The third-order valence-corrected chi connectivity index (χ3v) is 7.54. The SMILES string of the molecule is CN=[S@](C)(=O)CCCCc1cc(N2CCOC[C@H]2C)nc(-c2ccnc3[nH]ccc23)n1. The summed E-state index contributed by atoms with van der Waals surface area (Å²) in [6, 6.07) is 6.33. The van der Waals surface area contributed by atoms with Gasteiger partial charge in [-0.1, -0.05) is 0 Å². The van der Waals surface area contributed by atoms with Gasteiger partial charge in [0.2, 0.25) is 0 Å². The molecule has 4 heterocycles. The van der Waals surface area contributed by atoms with Crippen LogP contribution in [-0.2, 0) is 20.9 Å². The molecule has 3 aromatic rings. The Morgan fingerprint density at radius 3 is 3.00 bits per heavy atom. The van der Waals surface area contributed by atoms with E-state index in [4.69, 9.17) is 14.7 Å². The lowest BCUT2D eigenvalue weighted by molar-refractivity contribution is 0.0985. The van der Waals surface area contributed by atoms with Crippen LogP contribution in [0.1, 0.15) is 25.5 Å². The molecule has 166 valence electrons. The van der Waals surface area contributed by atoms with Crippen molar-refractivity contribution in [3.8, 4) is 11.4 Å². The standard InChI is InChI=1S/C22H30N6O2S/c1-16-15-30-12-11-28(16)20-14-17(6-4-5-13-31(3,29)23-2)26-22(27-20)19-8-10-25-21-18(19)7-9-24-21/h7-10,14,16H,4-6,11-13,15H2,1-3H3,(H,24,25)/t16-,31-/m1/s1. The van der Waals surface area contributed by atoms with Gasteiger partial charge >= 0.3 is 0 Å². The van der Waals surface area contributed by atoms with Gasteiger partial charge in [0.05, 0.1) is 19.3 Å². The molecule has 2 atom stereocenters. The normalized spacial score (nSPS) is 18.8. The summed E-state index contributed by atoms with van der Waals surface area (Å²) in [6.45, 7) is 4.35. The summed E-state index contributed by atoms with van der Waals surface area (Å²) in [5.41, 5.74) is 2.79. The van der Waals surface area contributed by atoms with Crippen molar-refractivity contribution in [3.63, 3.8) is 0 Å². The topological polar surface area (TPSA) is 96.4 Å². The first kappa shape index (κ1) is 21.7. The number of fused-ring (bicyclic) bond motifs is 1. The molecular formula is C22H30N6O2S. The maximum atomic E-state index is 12.2. The van der Waals surface area contributed by atoms with Gasteiger partial charge in [0.1, 0.15) is 11.5 Å². The van der Waals surface area contributed by atoms with Crippen LogP contribution in [0.4, 0.5) is 5.82 Å². The lowest BCUT2D eigenvalue weighted by atomic mass is 10.1. The minimum absolute atomic E-state index is 0.255. The van der Waals surface area contributed by atoms with Crippen LogP contribution in [0.2, 0.25) is 0 Å². The van der Waals surface area contributed by atoms with E-state index in [0.717, 1.165) is 53.9 Å². The number of H-pyrrole nitrogens is 1. The summed E-state index contributed by atoms with van der Waals surface area (Å²) < 4.78 is 21.8. The van der Waals surface area contributed by atoms with Crippen LogP contribution in [-0.4, -0.2) is 69.0 Å². The molecule has 0 bridgehead atoms. The average Bonchev–Trinajstić information content (AvgIpc) is 3.26. The van der Waals surface area contributed by atoms with Crippen molar-refractivity contribution in [2.45, 2.75) is 32.2 Å². The number of hydrogen-bond donors (Lipinski definition) is 1. The number of nitrogens with zero attached hydrogens (tertiary/aromatic N) is 5. The highest BCUT2D eigenvalue weighted by atomic mass is 32.2. The first-order chi connectivity index (χ1) is 15.0. The van der Waals surface area contributed by atoms with Crippen LogP contribution in [0.15, 0.2) is 35.0 Å². The smallest absolute Gasteiger partial charge is 0.162 e. The lowest BCUT2D eigenvalue weighted by Crippen LogP contribution is -2.44. The zero-order valence-electron chi connectivity index (χ0n) is 18.4. The number of rotatable bonds is 7. The average molecular weight is 443 g/mol. The number of aryl methyl sites for hydroxylation is 1. The van der Waals surface area contributed by atoms with E-state index in [9.17, 15) is 4.21 Å². The van der Waals surface area contributed by atoms with Crippen LogP contribution >= 0.6 is 0 Å². The van der Waals surface area contributed by atoms with Crippen LogP contribution in [0.5, 0.6) is 0 Å². The van der Waals surface area contributed by atoms with Crippen LogP contribution in [0.3, 0.4) is 0 Å². The fraction of sp³-hybridized carbons (Fsp3) is 0.500. The van der Waals surface area contributed by atoms with Crippen molar-refractivity contribution >= 4 is 26.6 Å². The number of pyridine rings is 1. The first-order valence-electron chi connectivity index (χ1n) is 10.7. The van der Waals surface area contributed by atoms with Crippen LogP contribution in [0.25, 0.3) is 22.4 Å². The van der Waals surface area contributed by atoms with Crippen LogP contribution < -0.4 is 4.90 Å². The molecule has 1 N–H and O–H groups in total. The molecule has 31 heavy (non-hydrogen) atoms. The molecule has 9 heteroatoms. The highest BCUT2D eigenvalue weighted by Gasteiger charge is 2.22. The summed E-state index contributed by atoms with van der Waals surface area (Å²) in [7, 11) is -0.436. The van der Waals surface area contributed by atoms with E-state index >= 15 is 0 Å². The zero-order valence-corrected chi connectivity index (χ0v) is 19.2. The third kappa shape index (κ3) is 5.04. The summed E-state index contributed by atoms with van der Waals surface area (Å²) in [6.07, 6.45) is 7.96. The number of morpholine rings is 1. The molecule has 1 aliphatic rings. The van der Waals surface area contributed by atoms with E-state index < -0.39 is 9.73 Å². The largest absolute Gasteiger partial charge is 0.377 e. The molecule has 0 radical (unpaired) electrons. The molecule has 0 spiro atoms. The number of hydrogen-bond acceptors (Lipinski definition) is 7. The molecule has 0 aliphatic carbocycles. The van der Waals surface area contributed by atoms with Crippen molar-refractivity contribution in [1.29, 1.82) is 0 Å². The van der Waals surface area contributed by atoms with Gasteiger partial charge in [-0.3, -0.25) is 4.21 Å². The highest BCUT2D eigenvalue weighted by molar-refractivity contribution is 7.92. The Bertz CT molecular complexity index is 1170. The van der Waals surface area contributed by atoms with Crippen molar-refractivity contribution in [2.24, 2.45) is 4.36 Å². The predicted octanol–water partition coefficient (Wildman–Crippen LogP) is 3.30. The Hall–Kier alpha value is -2.52. The number of unbranched alkanes of at least 4 members (excludes halogenated alkanes) is 1. The number of aromatic amines is 1. The van der Waals surface area contributed by atoms with Crippen LogP contribution in [0, 0.1) is 0 Å². The summed E-state index contributed by atoms with van der Waals surface area (Å²) >= 11 is 0. The second-order valence-electron chi connectivity index (χ2n) is 8.06.